The molecule has 4 nitrogen and oxygen atoms in total. The third-order valence-corrected chi connectivity index (χ3v) is 5.00. The molecule has 4 rings (SSSR count). The van der Waals surface area contributed by atoms with Crippen LogP contribution >= 0.6 is 0 Å². The maximum Gasteiger partial charge on any atom is 0.255 e. The van der Waals surface area contributed by atoms with Crippen LogP contribution < -0.4 is 5.32 Å². The van der Waals surface area contributed by atoms with E-state index in [1.807, 2.05) is 61.5 Å². The number of nitrogens with one attached hydrogen (secondary N) is 1. The summed E-state index contributed by atoms with van der Waals surface area (Å²) in [7, 11) is 0. The predicted molar refractivity (Wildman–Crippen MR) is 116 cm³/mol. The van der Waals surface area contributed by atoms with E-state index in [0.717, 1.165) is 27.9 Å². The number of hydrogen-bond acceptors (Lipinski definition) is 3. The quantitative estimate of drug-likeness (QED) is 0.452. The van der Waals surface area contributed by atoms with E-state index in [-0.39, 0.29) is 5.91 Å². The van der Waals surface area contributed by atoms with Gasteiger partial charge in [0.2, 0.25) is 0 Å². The first-order chi connectivity index (χ1) is 14.0. The summed E-state index contributed by atoms with van der Waals surface area (Å²) < 4.78 is 5.89. The van der Waals surface area contributed by atoms with Gasteiger partial charge >= 0.3 is 0 Å². The third kappa shape index (κ3) is 4.37. The minimum atomic E-state index is -0.113. The third-order valence-electron chi connectivity index (χ3n) is 5.00. The van der Waals surface area contributed by atoms with Crippen LogP contribution in [0.1, 0.15) is 52.7 Å². The van der Waals surface area contributed by atoms with Gasteiger partial charge in [-0.25, -0.2) is 4.98 Å². The fraction of sp³-hybridized carbons (Fsp3) is 0.200. The number of aromatic nitrogens is 1. The molecule has 4 aromatic rings. The van der Waals surface area contributed by atoms with Crippen LogP contribution in [0.15, 0.2) is 71.1 Å². The molecular formula is C25H24N2O2. The standard InChI is InChI=1S/C25H24N2O2/c1-16(2)20-10-13-23-22(15-20)27-24(29-23)14-18-6-11-21(12-7-18)26-25(28)19-8-4-17(3)5-9-19/h4-13,15-16H,14H2,1-3H3,(H,26,28). The maximum atomic E-state index is 12.3. The summed E-state index contributed by atoms with van der Waals surface area (Å²) in [6.45, 7) is 6.34. The minimum Gasteiger partial charge on any atom is -0.440 e. The molecule has 0 aliphatic heterocycles. The van der Waals surface area contributed by atoms with Gasteiger partial charge in [-0.1, -0.05) is 49.7 Å². The van der Waals surface area contributed by atoms with Gasteiger partial charge in [0.25, 0.3) is 5.91 Å². The molecule has 1 N–H and O–H groups in total. The van der Waals surface area contributed by atoms with E-state index in [0.29, 0.717) is 23.8 Å². The summed E-state index contributed by atoms with van der Waals surface area (Å²) >= 11 is 0. The molecule has 0 aliphatic carbocycles. The first kappa shape index (κ1) is 18.9. The second kappa shape index (κ2) is 7.92. The van der Waals surface area contributed by atoms with Crippen molar-refractivity contribution in [3.63, 3.8) is 0 Å². The Morgan fingerprint density at radius 2 is 1.72 bits per heavy atom. The number of anilines is 1. The number of rotatable bonds is 5. The molecular weight excluding hydrogens is 360 g/mol. The summed E-state index contributed by atoms with van der Waals surface area (Å²) in [6, 6.07) is 21.5. The lowest BCUT2D eigenvalue weighted by molar-refractivity contribution is 0.102. The molecule has 1 amide bonds. The zero-order chi connectivity index (χ0) is 20.4. The molecule has 0 saturated carbocycles. The van der Waals surface area contributed by atoms with Gasteiger partial charge in [-0.15, -0.1) is 0 Å². The Kier molecular flexibility index (Phi) is 5.17. The van der Waals surface area contributed by atoms with Gasteiger partial charge < -0.3 is 9.73 Å². The highest BCUT2D eigenvalue weighted by Crippen LogP contribution is 2.23. The number of carbonyl (C=O) groups excluding carboxylic acids is 1. The van der Waals surface area contributed by atoms with E-state index in [1.54, 1.807) is 0 Å². The molecule has 146 valence electrons. The zero-order valence-corrected chi connectivity index (χ0v) is 16.9. The van der Waals surface area contributed by atoms with Crippen LogP contribution in [-0.4, -0.2) is 10.9 Å². The van der Waals surface area contributed by atoms with Crippen molar-refractivity contribution in [2.75, 3.05) is 5.32 Å². The van der Waals surface area contributed by atoms with Crippen molar-refractivity contribution in [3.8, 4) is 0 Å². The Balaban J connectivity index is 1.44. The lowest BCUT2D eigenvalue weighted by Crippen LogP contribution is -2.11. The SMILES string of the molecule is Cc1ccc(C(=O)Nc2ccc(Cc3nc4cc(C(C)C)ccc4o3)cc2)cc1. The molecule has 3 aromatic carbocycles. The molecule has 0 atom stereocenters. The van der Waals surface area contributed by atoms with Gasteiger partial charge in [0.1, 0.15) is 5.52 Å². The molecule has 0 aliphatic rings. The Morgan fingerprint density at radius 1 is 1.00 bits per heavy atom. The number of benzene rings is 3. The molecule has 1 heterocycles. The van der Waals surface area contributed by atoms with Crippen LogP contribution in [0.2, 0.25) is 0 Å². The molecule has 0 saturated heterocycles. The van der Waals surface area contributed by atoms with Crippen molar-refractivity contribution in [1.29, 1.82) is 0 Å². The molecule has 4 heteroatoms. The topological polar surface area (TPSA) is 55.1 Å². The van der Waals surface area contributed by atoms with Gasteiger partial charge in [0, 0.05) is 17.7 Å². The summed E-state index contributed by atoms with van der Waals surface area (Å²) in [5.74, 6) is 1.04. The normalized spacial score (nSPS) is 11.2. The van der Waals surface area contributed by atoms with Crippen molar-refractivity contribution in [1.82, 2.24) is 4.98 Å². The van der Waals surface area contributed by atoms with Crippen LogP contribution in [0.25, 0.3) is 11.1 Å². The Hall–Kier alpha value is -3.40. The highest BCUT2D eigenvalue weighted by atomic mass is 16.3. The minimum absolute atomic E-state index is 0.113. The maximum absolute atomic E-state index is 12.3. The van der Waals surface area contributed by atoms with Gasteiger partial charge in [-0.2, -0.15) is 0 Å². The number of oxazole rings is 1. The molecule has 1 aromatic heterocycles. The van der Waals surface area contributed by atoms with Crippen LogP contribution in [-0.2, 0) is 6.42 Å². The number of hydrogen-bond donors (Lipinski definition) is 1. The van der Waals surface area contributed by atoms with E-state index in [4.69, 9.17) is 4.42 Å². The average molecular weight is 384 g/mol. The first-order valence-electron chi connectivity index (χ1n) is 9.84. The second-order valence-electron chi connectivity index (χ2n) is 7.68. The molecule has 0 spiro atoms. The summed E-state index contributed by atoms with van der Waals surface area (Å²) in [5, 5.41) is 2.93. The smallest absolute Gasteiger partial charge is 0.255 e. The second-order valence-corrected chi connectivity index (χ2v) is 7.68. The Morgan fingerprint density at radius 3 is 2.41 bits per heavy atom. The van der Waals surface area contributed by atoms with Crippen LogP contribution in [0, 0.1) is 6.92 Å². The van der Waals surface area contributed by atoms with Crippen molar-refractivity contribution in [2.45, 2.75) is 33.1 Å². The monoisotopic (exact) mass is 384 g/mol. The van der Waals surface area contributed by atoms with E-state index in [9.17, 15) is 4.79 Å². The highest BCUT2D eigenvalue weighted by molar-refractivity contribution is 6.04. The molecule has 29 heavy (non-hydrogen) atoms. The average Bonchev–Trinajstić information content (AvgIpc) is 3.11. The Bertz CT molecular complexity index is 1140. The number of amides is 1. The molecule has 0 radical (unpaired) electrons. The van der Waals surface area contributed by atoms with Crippen molar-refractivity contribution < 1.29 is 9.21 Å². The largest absolute Gasteiger partial charge is 0.440 e. The number of fused-ring (bicyclic) bond motifs is 1. The van der Waals surface area contributed by atoms with E-state index in [2.05, 4.69) is 36.3 Å². The van der Waals surface area contributed by atoms with Gasteiger partial charge in [-0.05, 0) is 60.4 Å². The summed E-state index contributed by atoms with van der Waals surface area (Å²) in [5.41, 5.74) is 6.58. The summed E-state index contributed by atoms with van der Waals surface area (Å²) in [6.07, 6.45) is 0.609. The Labute approximate surface area is 170 Å². The fourth-order valence-corrected chi connectivity index (χ4v) is 3.22. The first-order valence-corrected chi connectivity index (χ1v) is 9.84. The van der Waals surface area contributed by atoms with Crippen molar-refractivity contribution in [2.24, 2.45) is 0 Å². The van der Waals surface area contributed by atoms with E-state index >= 15 is 0 Å². The molecule has 0 bridgehead atoms. The van der Waals surface area contributed by atoms with Crippen molar-refractivity contribution >= 4 is 22.7 Å². The molecule has 0 unspecified atom stereocenters. The van der Waals surface area contributed by atoms with Crippen LogP contribution in [0.5, 0.6) is 0 Å². The van der Waals surface area contributed by atoms with Crippen LogP contribution in [0.3, 0.4) is 0 Å². The lowest BCUT2D eigenvalue weighted by atomic mass is 10.0. The number of nitrogens with zero attached hydrogens (tertiary/aromatic N) is 1. The van der Waals surface area contributed by atoms with Crippen LogP contribution in [0.4, 0.5) is 5.69 Å². The van der Waals surface area contributed by atoms with Gasteiger partial charge in [0.15, 0.2) is 11.5 Å². The van der Waals surface area contributed by atoms with E-state index in [1.165, 1.54) is 5.56 Å². The highest BCUT2D eigenvalue weighted by Gasteiger charge is 2.10. The zero-order valence-electron chi connectivity index (χ0n) is 16.9. The van der Waals surface area contributed by atoms with Gasteiger partial charge in [0.05, 0.1) is 0 Å². The molecule has 0 fully saturated rings. The van der Waals surface area contributed by atoms with Gasteiger partial charge in [-0.3, -0.25) is 4.79 Å². The lowest BCUT2D eigenvalue weighted by Gasteiger charge is -2.06. The summed E-state index contributed by atoms with van der Waals surface area (Å²) in [4.78, 5) is 17.0. The number of carbonyl (C=O) groups is 1. The van der Waals surface area contributed by atoms with Crippen molar-refractivity contribution in [3.05, 3.63) is 94.9 Å². The predicted octanol–water partition coefficient (Wildman–Crippen LogP) is 6.10. The fourth-order valence-electron chi connectivity index (χ4n) is 3.22. The number of aryl methyl sites for hydroxylation is 1. The van der Waals surface area contributed by atoms with E-state index < -0.39 is 0 Å².